The van der Waals surface area contributed by atoms with Crippen molar-refractivity contribution >= 4 is 11.8 Å². The first-order chi connectivity index (χ1) is 14.7. The Bertz CT molecular complexity index is 1060. The molecule has 0 radical (unpaired) electrons. The number of carbonyl (C=O) groups is 2. The first kappa shape index (κ1) is 21.9. The van der Waals surface area contributed by atoms with Crippen LogP contribution in [-0.2, 0) is 6.18 Å². The minimum Gasteiger partial charge on any atom is -0.491 e. The number of halogens is 3. The number of aromatic nitrogens is 2. The molecule has 31 heavy (non-hydrogen) atoms. The number of alkyl halides is 3. The molecule has 0 saturated heterocycles. The summed E-state index contributed by atoms with van der Waals surface area (Å²) in [6, 6.07) is 13.7. The summed E-state index contributed by atoms with van der Waals surface area (Å²) in [5, 5.41) is 3.70. The van der Waals surface area contributed by atoms with Crippen molar-refractivity contribution in [2.45, 2.75) is 26.1 Å². The van der Waals surface area contributed by atoms with E-state index in [0.29, 0.717) is 10.4 Å². The zero-order valence-corrected chi connectivity index (χ0v) is 16.6. The van der Waals surface area contributed by atoms with Crippen molar-refractivity contribution < 1.29 is 27.5 Å². The normalized spacial score (nSPS) is 11.3. The van der Waals surface area contributed by atoms with Gasteiger partial charge in [-0.15, -0.1) is 0 Å². The van der Waals surface area contributed by atoms with Crippen molar-refractivity contribution in [3.05, 3.63) is 77.6 Å². The van der Waals surface area contributed by atoms with E-state index in [1.165, 1.54) is 24.3 Å². The molecule has 1 heterocycles. The van der Waals surface area contributed by atoms with Gasteiger partial charge in [0.2, 0.25) is 0 Å². The van der Waals surface area contributed by atoms with E-state index in [1.54, 1.807) is 30.3 Å². The highest BCUT2D eigenvalue weighted by Crippen LogP contribution is 2.33. The summed E-state index contributed by atoms with van der Waals surface area (Å²) in [5.41, 5.74) is 2.45. The van der Waals surface area contributed by atoms with E-state index in [2.05, 4.69) is 10.5 Å². The Morgan fingerprint density at radius 2 is 1.58 bits per heavy atom. The molecule has 0 aliphatic rings. The summed E-state index contributed by atoms with van der Waals surface area (Å²) in [5.74, 6) is -1.30. The van der Waals surface area contributed by atoms with Gasteiger partial charge in [-0.05, 0) is 50.2 Å². The van der Waals surface area contributed by atoms with Crippen molar-refractivity contribution in [2.24, 2.45) is 0 Å². The van der Waals surface area contributed by atoms with E-state index in [9.17, 15) is 22.8 Å². The van der Waals surface area contributed by atoms with Gasteiger partial charge in [-0.1, -0.05) is 18.2 Å². The van der Waals surface area contributed by atoms with Crippen molar-refractivity contribution in [2.75, 3.05) is 0 Å². The van der Waals surface area contributed by atoms with Gasteiger partial charge in [0, 0.05) is 5.56 Å². The number of hydrogen-bond donors (Lipinski definition) is 2. The smallest absolute Gasteiger partial charge is 0.434 e. The number of ether oxygens (including phenoxy) is 1. The molecule has 10 heteroatoms. The van der Waals surface area contributed by atoms with Gasteiger partial charge >= 0.3 is 6.18 Å². The van der Waals surface area contributed by atoms with Crippen LogP contribution < -0.4 is 15.6 Å². The van der Waals surface area contributed by atoms with E-state index in [1.807, 2.05) is 19.3 Å². The molecule has 162 valence electrons. The Labute approximate surface area is 175 Å². The van der Waals surface area contributed by atoms with Crippen LogP contribution in [0, 0.1) is 0 Å². The lowest BCUT2D eigenvalue weighted by Gasteiger charge is -2.13. The number of nitrogens with zero attached hydrogens (tertiary/aromatic N) is 2. The Kier molecular flexibility index (Phi) is 6.28. The van der Waals surface area contributed by atoms with E-state index in [4.69, 9.17) is 4.74 Å². The first-order valence-corrected chi connectivity index (χ1v) is 9.25. The van der Waals surface area contributed by atoms with Gasteiger partial charge in [0.25, 0.3) is 11.8 Å². The van der Waals surface area contributed by atoms with Crippen LogP contribution in [0.25, 0.3) is 5.69 Å². The zero-order chi connectivity index (χ0) is 22.6. The van der Waals surface area contributed by atoms with Crippen LogP contribution in [0.5, 0.6) is 5.75 Å². The minimum absolute atomic E-state index is 0.0430. The number of para-hydroxylation sites is 1. The quantitative estimate of drug-likeness (QED) is 0.602. The Balaban J connectivity index is 1.75. The highest BCUT2D eigenvalue weighted by Gasteiger charge is 2.40. The minimum atomic E-state index is -4.85. The molecule has 0 spiro atoms. The molecule has 3 aromatic rings. The van der Waals surface area contributed by atoms with Crippen LogP contribution in [0.1, 0.15) is 40.3 Å². The standard InChI is InChI=1S/C21H19F3N4O3/c1-13(2)31-16-10-8-14(9-11-16)19(29)26-27-20(30)17-12-25-28(18(17)21(22,23)24)15-6-4-3-5-7-15/h3-13H,1-2H3,(H,26,29)(H,27,30). The number of hydrogen-bond acceptors (Lipinski definition) is 4. The van der Waals surface area contributed by atoms with E-state index < -0.39 is 29.2 Å². The third-order valence-electron chi connectivity index (χ3n) is 4.06. The molecular weight excluding hydrogens is 413 g/mol. The summed E-state index contributed by atoms with van der Waals surface area (Å²) in [7, 11) is 0. The lowest BCUT2D eigenvalue weighted by Crippen LogP contribution is -2.42. The molecule has 3 rings (SSSR count). The largest absolute Gasteiger partial charge is 0.491 e. The van der Waals surface area contributed by atoms with Gasteiger partial charge in [-0.2, -0.15) is 18.3 Å². The van der Waals surface area contributed by atoms with Gasteiger partial charge in [0.1, 0.15) is 5.75 Å². The lowest BCUT2D eigenvalue weighted by atomic mass is 10.2. The topological polar surface area (TPSA) is 85.2 Å². The summed E-state index contributed by atoms with van der Waals surface area (Å²) >= 11 is 0. The van der Waals surface area contributed by atoms with Gasteiger partial charge < -0.3 is 4.74 Å². The molecule has 7 nitrogen and oxygen atoms in total. The average Bonchev–Trinajstić information content (AvgIpc) is 3.18. The average molecular weight is 432 g/mol. The summed E-state index contributed by atoms with van der Waals surface area (Å²) in [6.45, 7) is 3.70. The van der Waals surface area contributed by atoms with Crippen LogP contribution in [0.3, 0.4) is 0 Å². The van der Waals surface area contributed by atoms with Crippen molar-refractivity contribution in [1.82, 2.24) is 20.6 Å². The van der Waals surface area contributed by atoms with E-state index in [0.717, 1.165) is 6.20 Å². The third kappa shape index (κ3) is 5.21. The molecule has 2 amide bonds. The van der Waals surface area contributed by atoms with Crippen molar-refractivity contribution in [3.8, 4) is 11.4 Å². The molecule has 0 aliphatic heterocycles. The number of carbonyl (C=O) groups excluding carboxylic acids is 2. The van der Waals surface area contributed by atoms with Crippen molar-refractivity contribution in [1.29, 1.82) is 0 Å². The molecule has 0 unspecified atom stereocenters. The van der Waals surface area contributed by atoms with Crippen LogP contribution in [0.2, 0.25) is 0 Å². The molecule has 0 fully saturated rings. The molecule has 0 bridgehead atoms. The van der Waals surface area contributed by atoms with Crippen LogP contribution in [0.4, 0.5) is 13.2 Å². The Morgan fingerprint density at radius 3 is 2.16 bits per heavy atom. The molecular formula is C21H19F3N4O3. The Hall–Kier alpha value is -3.82. The monoisotopic (exact) mass is 432 g/mol. The predicted octanol–water partition coefficient (Wildman–Crippen LogP) is 3.75. The van der Waals surface area contributed by atoms with Gasteiger partial charge in [0.15, 0.2) is 5.69 Å². The molecule has 2 aromatic carbocycles. The van der Waals surface area contributed by atoms with E-state index in [-0.39, 0.29) is 17.4 Å². The Morgan fingerprint density at radius 1 is 0.968 bits per heavy atom. The van der Waals surface area contributed by atoms with Crippen LogP contribution in [0.15, 0.2) is 60.8 Å². The van der Waals surface area contributed by atoms with Crippen LogP contribution in [-0.4, -0.2) is 27.7 Å². The lowest BCUT2D eigenvalue weighted by molar-refractivity contribution is -0.143. The molecule has 0 atom stereocenters. The second-order valence-electron chi connectivity index (χ2n) is 6.75. The van der Waals surface area contributed by atoms with Crippen molar-refractivity contribution in [3.63, 3.8) is 0 Å². The number of benzene rings is 2. The number of amides is 2. The predicted molar refractivity (Wildman–Crippen MR) is 106 cm³/mol. The fourth-order valence-electron chi connectivity index (χ4n) is 2.76. The molecule has 0 aliphatic carbocycles. The maximum absolute atomic E-state index is 13.6. The number of rotatable bonds is 5. The summed E-state index contributed by atoms with van der Waals surface area (Å²) in [6.07, 6.45) is -4.09. The van der Waals surface area contributed by atoms with Gasteiger partial charge in [-0.25, -0.2) is 4.68 Å². The number of hydrazine groups is 1. The van der Waals surface area contributed by atoms with Crippen LogP contribution >= 0.6 is 0 Å². The first-order valence-electron chi connectivity index (χ1n) is 9.25. The van der Waals surface area contributed by atoms with E-state index >= 15 is 0 Å². The summed E-state index contributed by atoms with van der Waals surface area (Å²) in [4.78, 5) is 24.6. The third-order valence-corrected chi connectivity index (χ3v) is 4.06. The van der Waals surface area contributed by atoms with Gasteiger partial charge in [-0.3, -0.25) is 20.4 Å². The highest BCUT2D eigenvalue weighted by atomic mass is 19.4. The second kappa shape index (κ2) is 8.90. The zero-order valence-electron chi connectivity index (χ0n) is 16.6. The van der Waals surface area contributed by atoms with Gasteiger partial charge in [0.05, 0.1) is 23.6 Å². The molecule has 2 N–H and O–H groups in total. The summed E-state index contributed by atoms with van der Waals surface area (Å²) < 4.78 is 47.0. The maximum atomic E-state index is 13.6. The number of nitrogens with one attached hydrogen (secondary N) is 2. The molecule has 0 saturated carbocycles. The molecule has 1 aromatic heterocycles. The fourth-order valence-corrected chi connectivity index (χ4v) is 2.76. The maximum Gasteiger partial charge on any atom is 0.434 e. The second-order valence-corrected chi connectivity index (χ2v) is 6.75. The SMILES string of the molecule is CC(C)Oc1ccc(C(=O)NNC(=O)c2cnn(-c3ccccc3)c2C(F)(F)F)cc1. The highest BCUT2D eigenvalue weighted by molar-refractivity contribution is 5.99. The fraction of sp³-hybridized carbons (Fsp3) is 0.190.